The molecule has 1 heterocycles. The second-order valence-electron chi connectivity index (χ2n) is 14.9. The maximum absolute atomic E-state index is 2.38. The molecule has 0 saturated heterocycles. The lowest BCUT2D eigenvalue weighted by Crippen LogP contribution is -2.09. The number of rotatable bonds is 7. The van der Waals surface area contributed by atoms with Gasteiger partial charge in [0, 0.05) is 42.6 Å². The van der Waals surface area contributed by atoms with E-state index in [9.17, 15) is 0 Å². The van der Waals surface area contributed by atoms with Gasteiger partial charge in [-0.25, -0.2) is 0 Å². The molecule has 2 heteroatoms. The molecule has 0 N–H and O–H groups in total. The van der Waals surface area contributed by atoms with Gasteiger partial charge in [-0.2, -0.15) is 0 Å². The molecule has 0 amide bonds. The van der Waals surface area contributed by atoms with Crippen molar-refractivity contribution in [3.8, 4) is 44.5 Å². The van der Waals surface area contributed by atoms with E-state index in [2.05, 4.69) is 229 Å². The summed E-state index contributed by atoms with van der Waals surface area (Å²) in [7, 11) is 0. The number of benzene rings is 10. The summed E-state index contributed by atoms with van der Waals surface area (Å²) in [5.74, 6) is 0. The van der Waals surface area contributed by atoms with Gasteiger partial charge in [-0.1, -0.05) is 182 Å². The van der Waals surface area contributed by atoms with Crippen LogP contribution in [-0.4, -0.2) is 0 Å². The molecule has 272 valence electrons. The van der Waals surface area contributed by atoms with Crippen LogP contribution in [0.25, 0.3) is 86.2 Å². The Morgan fingerprint density at radius 2 is 0.707 bits per heavy atom. The summed E-state index contributed by atoms with van der Waals surface area (Å²) < 4.78 is 2.66. The third-order valence-corrected chi connectivity index (χ3v) is 12.7. The zero-order valence-corrected chi connectivity index (χ0v) is 32.5. The van der Waals surface area contributed by atoms with E-state index >= 15 is 0 Å². The maximum atomic E-state index is 2.38. The summed E-state index contributed by atoms with van der Waals surface area (Å²) in [6, 6.07) is 81.6. The molecule has 0 radical (unpaired) electrons. The molecule has 0 unspecified atom stereocenters. The molecule has 0 fully saturated rings. The van der Waals surface area contributed by atoms with Crippen molar-refractivity contribution < 1.29 is 0 Å². The number of thiophene rings is 1. The van der Waals surface area contributed by atoms with E-state index in [1.54, 1.807) is 0 Å². The summed E-state index contributed by atoms with van der Waals surface area (Å²) in [6.07, 6.45) is 0. The first-order valence-electron chi connectivity index (χ1n) is 19.8. The van der Waals surface area contributed by atoms with Gasteiger partial charge in [0.15, 0.2) is 0 Å². The molecule has 1 aromatic heterocycles. The molecule has 0 aliphatic carbocycles. The lowest BCUT2D eigenvalue weighted by Gasteiger charge is -2.26. The van der Waals surface area contributed by atoms with Crippen molar-refractivity contribution in [1.29, 1.82) is 0 Å². The van der Waals surface area contributed by atoms with Crippen molar-refractivity contribution in [2.75, 3.05) is 4.90 Å². The Morgan fingerprint density at radius 3 is 1.28 bits per heavy atom. The van der Waals surface area contributed by atoms with E-state index < -0.39 is 0 Å². The number of anilines is 3. The van der Waals surface area contributed by atoms with Gasteiger partial charge in [-0.3, -0.25) is 0 Å². The molecule has 1 nitrogen and oxygen atoms in total. The van der Waals surface area contributed by atoms with Gasteiger partial charge in [-0.05, 0) is 103 Å². The summed E-state index contributed by atoms with van der Waals surface area (Å²) in [6.45, 7) is 0. The Labute approximate surface area is 342 Å². The predicted octanol–water partition coefficient (Wildman–Crippen LogP) is 16.5. The van der Waals surface area contributed by atoms with Crippen LogP contribution in [0, 0.1) is 0 Å². The Balaban J connectivity index is 1.01. The minimum atomic E-state index is 1.11. The molecule has 0 spiro atoms. The van der Waals surface area contributed by atoms with Crippen LogP contribution in [0.5, 0.6) is 0 Å². The SMILES string of the molecule is c1ccc(-c2ccc(N(c3ccc(-c4ccccc4)cc3)c3ccc(-c4cccc5c4sc4c5ccc5cc(-c6ccccc6)c6ccccc6c54)cc3)cc2)cc1. The van der Waals surface area contributed by atoms with Crippen LogP contribution in [-0.2, 0) is 0 Å². The van der Waals surface area contributed by atoms with Crippen LogP contribution in [0.3, 0.4) is 0 Å². The zero-order chi connectivity index (χ0) is 38.4. The Morgan fingerprint density at radius 1 is 0.276 bits per heavy atom. The Kier molecular flexibility index (Phi) is 8.42. The minimum Gasteiger partial charge on any atom is -0.311 e. The molecular weight excluding hydrogens is 719 g/mol. The average Bonchev–Trinajstić information content (AvgIpc) is 3.70. The standard InChI is InChI=1S/C56H37NS/c1-4-13-38(14-5-1)40-23-30-45(31-24-40)57(46-32-25-41(26-33-46)39-15-6-2-7-16-39)47-34-27-43(28-35-47)48-21-12-22-51-52-36-29-44-37-53(42-17-8-3-9-18-42)49-19-10-11-20-50(49)54(44)56(52)58-55(48)51/h1-37H. The minimum absolute atomic E-state index is 1.11. The van der Waals surface area contributed by atoms with Crippen LogP contribution < -0.4 is 4.90 Å². The summed E-state index contributed by atoms with van der Waals surface area (Å²) in [4.78, 5) is 2.36. The van der Waals surface area contributed by atoms with Crippen LogP contribution in [0.4, 0.5) is 17.1 Å². The van der Waals surface area contributed by atoms with Crippen LogP contribution in [0.15, 0.2) is 224 Å². The highest BCUT2D eigenvalue weighted by Gasteiger charge is 2.18. The highest BCUT2D eigenvalue weighted by molar-refractivity contribution is 7.27. The topological polar surface area (TPSA) is 3.24 Å². The van der Waals surface area contributed by atoms with E-state index in [0.29, 0.717) is 0 Å². The first kappa shape index (κ1) is 34.0. The average molecular weight is 756 g/mol. The molecule has 0 aliphatic rings. The van der Waals surface area contributed by atoms with E-state index in [0.717, 1.165) is 17.1 Å². The van der Waals surface area contributed by atoms with Crippen molar-refractivity contribution in [2.24, 2.45) is 0 Å². The van der Waals surface area contributed by atoms with E-state index in [1.807, 2.05) is 11.3 Å². The number of nitrogens with zero attached hydrogens (tertiary/aromatic N) is 1. The second-order valence-corrected chi connectivity index (χ2v) is 15.9. The smallest absolute Gasteiger partial charge is 0.0462 e. The van der Waals surface area contributed by atoms with Gasteiger partial charge in [0.2, 0.25) is 0 Å². The molecule has 0 aliphatic heterocycles. The first-order chi connectivity index (χ1) is 28.8. The van der Waals surface area contributed by atoms with E-state index in [4.69, 9.17) is 0 Å². The zero-order valence-electron chi connectivity index (χ0n) is 31.7. The molecule has 10 aromatic carbocycles. The molecule has 11 aromatic rings. The highest BCUT2D eigenvalue weighted by Crippen LogP contribution is 2.46. The number of fused-ring (bicyclic) bond motifs is 7. The summed E-state index contributed by atoms with van der Waals surface area (Å²) in [5.41, 5.74) is 13.2. The highest BCUT2D eigenvalue weighted by atomic mass is 32.1. The first-order valence-corrected chi connectivity index (χ1v) is 20.7. The normalized spacial score (nSPS) is 11.4. The van der Waals surface area contributed by atoms with Crippen LogP contribution >= 0.6 is 11.3 Å². The van der Waals surface area contributed by atoms with Crippen molar-refractivity contribution in [1.82, 2.24) is 0 Å². The van der Waals surface area contributed by atoms with Crippen molar-refractivity contribution in [3.05, 3.63) is 224 Å². The van der Waals surface area contributed by atoms with Gasteiger partial charge in [0.05, 0.1) is 0 Å². The van der Waals surface area contributed by atoms with Gasteiger partial charge >= 0.3 is 0 Å². The molecule has 58 heavy (non-hydrogen) atoms. The number of hydrogen-bond donors (Lipinski definition) is 0. The molecule has 0 saturated carbocycles. The third-order valence-electron chi connectivity index (χ3n) is 11.5. The fraction of sp³-hybridized carbons (Fsp3) is 0. The van der Waals surface area contributed by atoms with Gasteiger partial charge in [0.1, 0.15) is 0 Å². The third kappa shape index (κ3) is 5.94. The fourth-order valence-electron chi connectivity index (χ4n) is 8.63. The quantitative estimate of drug-likeness (QED) is 0.146. The Hall–Kier alpha value is -7.26. The van der Waals surface area contributed by atoms with Gasteiger partial charge in [0.25, 0.3) is 0 Å². The van der Waals surface area contributed by atoms with Gasteiger partial charge in [-0.15, -0.1) is 11.3 Å². The molecule has 0 bridgehead atoms. The fourth-order valence-corrected chi connectivity index (χ4v) is 10.0. The lowest BCUT2D eigenvalue weighted by atomic mass is 9.92. The number of hydrogen-bond acceptors (Lipinski definition) is 2. The van der Waals surface area contributed by atoms with E-state index in [1.165, 1.54) is 86.2 Å². The maximum Gasteiger partial charge on any atom is 0.0462 e. The molecule has 11 rings (SSSR count). The van der Waals surface area contributed by atoms with Crippen LogP contribution in [0.1, 0.15) is 0 Å². The largest absolute Gasteiger partial charge is 0.311 e. The Bertz CT molecular complexity index is 3140. The second kappa shape index (κ2) is 14.4. The summed E-state index contributed by atoms with van der Waals surface area (Å²) >= 11 is 1.92. The molecular formula is C56H37NS. The van der Waals surface area contributed by atoms with Crippen molar-refractivity contribution >= 4 is 70.1 Å². The monoisotopic (exact) mass is 755 g/mol. The van der Waals surface area contributed by atoms with E-state index in [-0.39, 0.29) is 0 Å². The summed E-state index contributed by atoms with van der Waals surface area (Å²) in [5, 5.41) is 7.82. The lowest BCUT2D eigenvalue weighted by molar-refractivity contribution is 1.28. The molecule has 0 atom stereocenters. The van der Waals surface area contributed by atoms with Crippen LogP contribution in [0.2, 0.25) is 0 Å². The van der Waals surface area contributed by atoms with Gasteiger partial charge < -0.3 is 4.90 Å². The predicted molar refractivity (Wildman–Crippen MR) is 251 cm³/mol. The van der Waals surface area contributed by atoms with Crippen molar-refractivity contribution in [2.45, 2.75) is 0 Å². The van der Waals surface area contributed by atoms with Crippen molar-refractivity contribution in [3.63, 3.8) is 0 Å².